The van der Waals surface area contributed by atoms with E-state index >= 15 is 0 Å². The average Bonchev–Trinajstić information content (AvgIpc) is 2.39. The van der Waals surface area contributed by atoms with Crippen LogP contribution >= 0.6 is 0 Å². The molecule has 3 N–H and O–H groups in total. The van der Waals surface area contributed by atoms with Crippen molar-refractivity contribution < 1.29 is 14.2 Å². The first-order chi connectivity index (χ1) is 9.10. The molecule has 0 aromatic heterocycles. The number of benzene rings is 1. The van der Waals surface area contributed by atoms with Crippen molar-refractivity contribution in [3.05, 3.63) is 29.6 Å². The highest BCUT2D eigenvalue weighted by Gasteiger charge is 2.44. The standard InChI is InChI=1S/C15H20FNO2/c16-11-2-3-13(17)12(8-11)14(18)10-4-7-19-15(9-10)5-1-6-15/h2-3,8,10,14,18H,1,4-7,9,17H2. The zero-order valence-corrected chi connectivity index (χ0v) is 10.9. The lowest BCUT2D eigenvalue weighted by molar-refractivity contribution is -0.157. The smallest absolute Gasteiger partial charge is 0.123 e. The molecular formula is C15H20FNO2. The van der Waals surface area contributed by atoms with Gasteiger partial charge in [-0.1, -0.05) is 0 Å². The number of nitrogen functional groups attached to an aromatic ring is 1. The lowest BCUT2D eigenvalue weighted by Gasteiger charge is -2.48. The highest BCUT2D eigenvalue weighted by molar-refractivity contribution is 5.48. The van der Waals surface area contributed by atoms with Gasteiger partial charge in [-0.25, -0.2) is 4.39 Å². The Hall–Kier alpha value is -1.13. The van der Waals surface area contributed by atoms with Gasteiger partial charge in [0, 0.05) is 17.9 Å². The second kappa shape index (κ2) is 4.76. The quantitative estimate of drug-likeness (QED) is 0.808. The van der Waals surface area contributed by atoms with Crippen molar-refractivity contribution in [2.45, 2.75) is 43.8 Å². The number of rotatable bonds is 2. The number of anilines is 1. The molecule has 1 aromatic rings. The Labute approximate surface area is 112 Å². The topological polar surface area (TPSA) is 55.5 Å². The van der Waals surface area contributed by atoms with E-state index in [0.29, 0.717) is 17.9 Å². The fraction of sp³-hybridized carbons (Fsp3) is 0.600. The molecule has 1 heterocycles. The molecule has 0 bridgehead atoms. The minimum Gasteiger partial charge on any atom is -0.398 e. The third-order valence-corrected chi connectivity index (χ3v) is 4.61. The molecule has 1 aromatic carbocycles. The van der Waals surface area contributed by atoms with Crippen molar-refractivity contribution in [1.29, 1.82) is 0 Å². The van der Waals surface area contributed by atoms with E-state index in [1.165, 1.54) is 24.6 Å². The van der Waals surface area contributed by atoms with E-state index in [1.54, 1.807) is 0 Å². The molecule has 2 fully saturated rings. The molecule has 1 aliphatic carbocycles. The van der Waals surface area contributed by atoms with Gasteiger partial charge in [0.2, 0.25) is 0 Å². The minimum absolute atomic E-state index is 0.0218. The van der Waals surface area contributed by atoms with Gasteiger partial charge in [0.15, 0.2) is 0 Å². The molecule has 1 aliphatic heterocycles. The molecule has 4 heteroatoms. The Bertz CT molecular complexity index is 473. The zero-order chi connectivity index (χ0) is 13.5. The molecule has 0 amide bonds. The van der Waals surface area contributed by atoms with Gasteiger partial charge in [-0.3, -0.25) is 0 Å². The maximum Gasteiger partial charge on any atom is 0.123 e. The lowest BCUT2D eigenvalue weighted by atomic mass is 9.70. The Balaban J connectivity index is 1.79. The largest absolute Gasteiger partial charge is 0.398 e. The van der Waals surface area contributed by atoms with Crippen LogP contribution in [-0.4, -0.2) is 17.3 Å². The fourth-order valence-electron chi connectivity index (χ4n) is 3.31. The van der Waals surface area contributed by atoms with Crippen LogP contribution in [0, 0.1) is 11.7 Å². The summed E-state index contributed by atoms with van der Waals surface area (Å²) in [5.41, 5.74) is 6.81. The van der Waals surface area contributed by atoms with Gasteiger partial charge in [-0.15, -0.1) is 0 Å². The van der Waals surface area contributed by atoms with Crippen molar-refractivity contribution >= 4 is 5.69 Å². The first-order valence-corrected chi connectivity index (χ1v) is 6.97. The van der Waals surface area contributed by atoms with Crippen molar-refractivity contribution in [2.75, 3.05) is 12.3 Å². The van der Waals surface area contributed by atoms with E-state index in [0.717, 1.165) is 25.7 Å². The van der Waals surface area contributed by atoms with Crippen LogP contribution in [0.3, 0.4) is 0 Å². The third kappa shape index (κ3) is 2.35. The molecule has 2 atom stereocenters. The predicted octanol–water partition coefficient (Wildman–Crippen LogP) is 2.79. The number of aliphatic hydroxyl groups is 1. The van der Waals surface area contributed by atoms with Crippen LogP contribution in [-0.2, 0) is 4.74 Å². The molecule has 2 aliphatic rings. The highest BCUT2D eigenvalue weighted by Crippen LogP contribution is 2.47. The van der Waals surface area contributed by atoms with Crippen LogP contribution in [0.4, 0.5) is 10.1 Å². The van der Waals surface area contributed by atoms with Crippen molar-refractivity contribution in [2.24, 2.45) is 5.92 Å². The third-order valence-electron chi connectivity index (χ3n) is 4.61. The van der Waals surface area contributed by atoms with Crippen LogP contribution in [0.25, 0.3) is 0 Å². The number of hydrogen-bond donors (Lipinski definition) is 2. The maximum atomic E-state index is 13.3. The van der Waals surface area contributed by atoms with Gasteiger partial charge < -0.3 is 15.6 Å². The Morgan fingerprint density at radius 1 is 1.42 bits per heavy atom. The number of nitrogens with two attached hydrogens (primary N) is 1. The molecule has 3 rings (SSSR count). The first-order valence-electron chi connectivity index (χ1n) is 6.97. The lowest BCUT2D eigenvalue weighted by Crippen LogP contribution is -2.46. The summed E-state index contributed by atoms with van der Waals surface area (Å²) in [6.45, 7) is 0.678. The molecule has 0 radical (unpaired) electrons. The molecule has 19 heavy (non-hydrogen) atoms. The van der Waals surface area contributed by atoms with Gasteiger partial charge in [0.1, 0.15) is 5.82 Å². The molecule has 2 unspecified atom stereocenters. The van der Waals surface area contributed by atoms with Gasteiger partial charge >= 0.3 is 0 Å². The normalized spacial score (nSPS) is 26.9. The van der Waals surface area contributed by atoms with E-state index in [9.17, 15) is 9.50 Å². The number of hydrogen-bond acceptors (Lipinski definition) is 3. The number of ether oxygens (including phenoxy) is 1. The van der Waals surface area contributed by atoms with Gasteiger partial charge in [-0.2, -0.15) is 0 Å². The summed E-state index contributed by atoms with van der Waals surface area (Å²) in [4.78, 5) is 0. The zero-order valence-electron chi connectivity index (χ0n) is 10.9. The van der Waals surface area contributed by atoms with E-state index in [4.69, 9.17) is 10.5 Å². The summed E-state index contributed by atoms with van der Waals surface area (Å²) < 4.78 is 19.2. The maximum absolute atomic E-state index is 13.3. The SMILES string of the molecule is Nc1ccc(F)cc1C(O)C1CCOC2(CCC2)C1. The summed E-state index contributed by atoms with van der Waals surface area (Å²) >= 11 is 0. The Kier molecular flexibility index (Phi) is 3.23. The second-order valence-electron chi connectivity index (χ2n) is 5.86. The van der Waals surface area contributed by atoms with E-state index < -0.39 is 6.10 Å². The fourth-order valence-corrected chi connectivity index (χ4v) is 3.31. The summed E-state index contributed by atoms with van der Waals surface area (Å²) in [5.74, 6) is -0.244. The molecule has 1 saturated heterocycles. The van der Waals surface area contributed by atoms with Crippen LogP contribution in [0.5, 0.6) is 0 Å². The second-order valence-corrected chi connectivity index (χ2v) is 5.86. The Morgan fingerprint density at radius 2 is 2.21 bits per heavy atom. The average molecular weight is 265 g/mol. The van der Waals surface area contributed by atoms with Crippen LogP contribution in [0.15, 0.2) is 18.2 Å². The van der Waals surface area contributed by atoms with Crippen LogP contribution in [0.2, 0.25) is 0 Å². The van der Waals surface area contributed by atoms with E-state index in [2.05, 4.69) is 0 Å². The summed E-state index contributed by atoms with van der Waals surface area (Å²) in [6, 6.07) is 4.19. The number of halogens is 1. The Morgan fingerprint density at radius 3 is 2.89 bits per heavy atom. The first kappa shape index (κ1) is 12.9. The predicted molar refractivity (Wildman–Crippen MR) is 71.0 cm³/mol. The molecule has 1 saturated carbocycles. The highest BCUT2D eigenvalue weighted by atomic mass is 19.1. The van der Waals surface area contributed by atoms with E-state index in [1.807, 2.05) is 0 Å². The van der Waals surface area contributed by atoms with Crippen molar-refractivity contribution in [3.8, 4) is 0 Å². The van der Waals surface area contributed by atoms with Gasteiger partial charge in [0.05, 0.1) is 11.7 Å². The minimum atomic E-state index is -0.697. The molecule has 1 spiro atoms. The molecule has 104 valence electrons. The summed E-state index contributed by atoms with van der Waals surface area (Å²) in [5, 5.41) is 10.5. The summed E-state index contributed by atoms with van der Waals surface area (Å²) in [7, 11) is 0. The molecule has 3 nitrogen and oxygen atoms in total. The van der Waals surface area contributed by atoms with Crippen molar-refractivity contribution in [3.63, 3.8) is 0 Å². The van der Waals surface area contributed by atoms with Gasteiger partial charge in [0.25, 0.3) is 0 Å². The molecular weight excluding hydrogens is 245 g/mol. The van der Waals surface area contributed by atoms with Crippen LogP contribution < -0.4 is 5.73 Å². The number of aliphatic hydroxyl groups excluding tert-OH is 1. The van der Waals surface area contributed by atoms with Crippen LogP contribution in [0.1, 0.15) is 43.8 Å². The van der Waals surface area contributed by atoms with E-state index in [-0.39, 0.29) is 17.3 Å². The van der Waals surface area contributed by atoms with Gasteiger partial charge in [-0.05, 0) is 56.2 Å². The monoisotopic (exact) mass is 265 g/mol. The van der Waals surface area contributed by atoms with Crippen molar-refractivity contribution in [1.82, 2.24) is 0 Å². The summed E-state index contributed by atoms with van der Waals surface area (Å²) in [6.07, 6.45) is 4.31.